The maximum atomic E-state index is 12.7. The zero-order chi connectivity index (χ0) is 16.1. The number of ether oxygens (including phenoxy) is 1. The molecule has 4 heterocycles. The molecule has 0 saturated carbocycles. The third kappa shape index (κ3) is 2.04. The fourth-order valence-electron chi connectivity index (χ4n) is 3.32. The number of hydrogen-bond acceptors (Lipinski definition) is 5. The van der Waals surface area contributed by atoms with E-state index < -0.39 is 0 Å². The van der Waals surface area contributed by atoms with Crippen LogP contribution in [0.2, 0.25) is 1.41 Å². The minimum Gasteiger partial charge on any atom is -0.376 e. The summed E-state index contributed by atoms with van der Waals surface area (Å²) in [6.07, 6.45) is 4.58. The molecule has 7 nitrogen and oxygen atoms in total. The van der Waals surface area contributed by atoms with Gasteiger partial charge in [0.15, 0.2) is 0 Å². The van der Waals surface area contributed by atoms with E-state index in [2.05, 4.69) is 5.32 Å². The van der Waals surface area contributed by atoms with Crippen LogP contribution >= 0.6 is 0 Å². The highest BCUT2D eigenvalue weighted by atomic mass is 16.5. The maximum absolute atomic E-state index is 12.7. The summed E-state index contributed by atoms with van der Waals surface area (Å²) in [5.41, 5.74) is 1.99. The van der Waals surface area contributed by atoms with Crippen molar-refractivity contribution in [2.75, 3.05) is 19.7 Å². The third-order valence-electron chi connectivity index (χ3n) is 4.56. The molecule has 2 amide bonds. The van der Waals surface area contributed by atoms with E-state index in [1.54, 1.807) is 4.90 Å². The Morgan fingerprint density at radius 1 is 1.45 bits per heavy atom. The van der Waals surface area contributed by atoms with Gasteiger partial charge in [-0.15, -0.1) is 0 Å². The molecule has 0 aliphatic carbocycles. The van der Waals surface area contributed by atoms with E-state index in [4.69, 9.17) is 6.15 Å². The second kappa shape index (κ2) is 5.10. The highest BCUT2D eigenvalue weighted by molar-refractivity contribution is 6.10. The van der Waals surface area contributed by atoms with E-state index >= 15 is 0 Å². The molecule has 0 bridgehead atoms. The van der Waals surface area contributed by atoms with E-state index in [-0.39, 0.29) is 30.5 Å². The molecule has 0 aromatic rings. The number of nitrogens with zero attached hydrogens (tertiary/aromatic N) is 2. The highest BCUT2D eigenvalue weighted by Crippen LogP contribution is 2.29. The number of carbonyl (C=O) groups is 2. The normalized spacial score (nSPS) is 32.2. The molecule has 2 atom stereocenters. The molecule has 0 aromatic heterocycles. The largest absolute Gasteiger partial charge is 0.376 e. The van der Waals surface area contributed by atoms with Crippen LogP contribution in [0.5, 0.6) is 0 Å². The molecule has 4 aliphatic rings. The Hall–Kier alpha value is -1.86. The first-order valence-electron chi connectivity index (χ1n) is 8.30. The summed E-state index contributed by atoms with van der Waals surface area (Å²) in [5, 5.41) is 4.37. The summed E-state index contributed by atoms with van der Waals surface area (Å²) in [4.78, 5) is 27.0. The predicted molar refractivity (Wildman–Crippen MR) is 77.9 cm³/mol. The Bertz CT molecular complexity index is 626. The van der Waals surface area contributed by atoms with Gasteiger partial charge >= 0.3 is 0 Å². The maximum Gasteiger partial charge on any atom is 0.274 e. The van der Waals surface area contributed by atoms with E-state index in [1.165, 1.54) is 10.4 Å². The minimum atomic E-state index is -0.279. The number of hydrazine groups is 1. The number of carbonyl (C=O) groups excluding carboxylic acids is 2. The quantitative estimate of drug-likeness (QED) is 0.757. The lowest BCUT2D eigenvalue weighted by Crippen LogP contribution is -2.48. The van der Waals surface area contributed by atoms with E-state index in [0.717, 1.165) is 25.9 Å². The SMILES string of the molecule is [2H]N1C(CC)C=C2NC3=C(CN(C[C@H]4CCCO4)C3=O)C(=O)N21. The monoisotopic (exact) mass is 305 g/mol. The Morgan fingerprint density at radius 3 is 3.05 bits per heavy atom. The van der Waals surface area contributed by atoms with Crippen molar-refractivity contribution in [2.24, 2.45) is 0 Å². The van der Waals surface area contributed by atoms with E-state index in [0.29, 0.717) is 23.6 Å². The van der Waals surface area contributed by atoms with Crippen molar-refractivity contribution in [2.45, 2.75) is 38.3 Å². The van der Waals surface area contributed by atoms with Crippen molar-refractivity contribution in [1.82, 2.24) is 20.6 Å². The van der Waals surface area contributed by atoms with Gasteiger partial charge in [-0.1, -0.05) is 6.92 Å². The van der Waals surface area contributed by atoms with Crippen molar-refractivity contribution < 1.29 is 15.7 Å². The smallest absolute Gasteiger partial charge is 0.274 e. The molecule has 7 heteroatoms. The average Bonchev–Trinajstić information content (AvgIpc) is 3.22. The first-order valence-corrected chi connectivity index (χ1v) is 7.85. The molecule has 4 rings (SSSR count). The van der Waals surface area contributed by atoms with Gasteiger partial charge < -0.3 is 15.0 Å². The lowest BCUT2D eigenvalue weighted by atomic mass is 10.2. The van der Waals surface area contributed by atoms with Crippen LogP contribution < -0.4 is 10.7 Å². The molecule has 1 unspecified atom stereocenters. The van der Waals surface area contributed by atoms with Crippen LogP contribution in [0.4, 0.5) is 0 Å². The van der Waals surface area contributed by atoms with E-state index in [1.807, 2.05) is 13.0 Å². The first kappa shape index (κ1) is 12.7. The van der Waals surface area contributed by atoms with Gasteiger partial charge in [-0.25, -0.2) is 10.4 Å². The molecule has 1 saturated heterocycles. The number of nitrogens with one attached hydrogen (secondary N) is 2. The molecule has 22 heavy (non-hydrogen) atoms. The molecule has 0 spiro atoms. The van der Waals surface area contributed by atoms with Crippen LogP contribution in [0, 0.1) is 0 Å². The van der Waals surface area contributed by atoms with Gasteiger partial charge in [0, 0.05) is 19.2 Å². The summed E-state index contributed by atoms with van der Waals surface area (Å²) < 4.78 is 13.7. The van der Waals surface area contributed by atoms with Crippen molar-refractivity contribution in [3.63, 3.8) is 0 Å². The van der Waals surface area contributed by atoms with Gasteiger partial charge in [-0.05, 0) is 25.3 Å². The van der Waals surface area contributed by atoms with Gasteiger partial charge in [0.1, 0.15) is 12.9 Å². The Balaban J connectivity index is 1.55. The Morgan fingerprint density at radius 2 is 2.32 bits per heavy atom. The summed E-state index contributed by atoms with van der Waals surface area (Å²) in [6.45, 7) is 3.50. The minimum absolute atomic E-state index is 0.0616. The van der Waals surface area contributed by atoms with E-state index in [9.17, 15) is 9.59 Å². The van der Waals surface area contributed by atoms with Gasteiger partial charge in [0.2, 0.25) is 0 Å². The molecule has 118 valence electrons. The Labute approximate surface area is 130 Å². The summed E-state index contributed by atoms with van der Waals surface area (Å²) in [6, 6.07) is -0.153. The lowest BCUT2D eigenvalue weighted by Gasteiger charge is -2.26. The van der Waals surface area contributed by atoms with Gasteiger partial charge in [0.25, 0.3) is 11.8 Å². The second-order valence-corrected chi connectivity index (χ2v) is 6.06. The van der Waals surface area contributed by atoms with Crippen molar-refractivity contribution in [3.05, 3.63) is 23.2 Å². The van der Waals surface area contributed by atoms with Crippen LogP contribution in [0.25, 0.3) is 0 Å². The topological polar surface area (TPSA) is 73.9 Å². The number of fused-ring (bicyclic) bond motifs is 1. The summed E-state index contributed by atoms with van der Waals surface area (Å²) >= 11 is 0. The summed E-state index contributed by atoms with van der Waals surface area (Å²) in [5.74, 6) is 0.0861. The fraction of sp³-hybridized carbons (Fsp3) is 0.600. The van der Waals surface area contributed by atoms with Crippen LogP contribution in [-0.2, 0) is 14.3 Å². The second-order valence-electron chi connectivity index (χ2n) is 6.06. The standard InChI is InChI=1S/C15H20N4O3/c1-2-9-6-12-16-13-11(14(20)19(12)17-9)8-18(15(13)21)7-10-4-3-5-22-10/h6,9-10,16-17H,2-5,7-8H2,1H3/t9?,10-/m1/s1/i/hD. The van der Waals surface area contributed by atoms with Crippen molar-refractivity contribution in [1.29, 1.82) is 0 Å². The highest BCUT2D eigenvalue weighted by Gasteiger charge is 2.43. The third-order valence-corrected chi connectivity index (χ3v) is 4.56. The molecule has 4 aliphatic heterocycles. The molecule has 2 N–H and O–H groups in total. The molecular weight excluding hydrogens is 284 g/mol. The predicted octanol–water partition coefficient (Wildman–Crippen LogP) is -0.168. The first-order chi connectivity index (χ1) is 11.1. The van der Waals surface area contributed by atoms with Crippen LogP contribution in [0.3, 0.4) is 0 Å². The Kier molecular flexibility index (Phi) is 2.94. The molecule has 1 fully saturated rings. The zero-order valence-corrected chi connectivity index (χ0v) is 12.5. The van der Waals surface area contributed by atoms with Gasteiger partial charge in [-0.2, -0.15) is 0 Å². The van der Waals surface area contributed by atoms with Crippen LogP contribution in [0.1, 0.15) is 26.2 Å². The number of rotatable bonds is 3. The molecular formula is C15H20N4O3. The number of amides is 2. The number of hydrogen-bond donors (Lipinski definition) is 2. The molecule has 0 aromatic carbocycles. The van der Waals surface area contributed by atoms with Crippen molar-refractivity contribution >= 4 is 11.8 Å². The lowest BCUT2D eigenvalue weighted by molar-refractivity contribution is -0.129. The van der Waals surface area contributed by atoms with Crippen LogP contribution in [-0.4, -0.2) is 53.6 Å². The van der Waals surface area contributed by atoms with Crippen LogP contribution in [0.15, 0.2) is 23.2 Å². The zero-order valence-electron chi connectivity index (χ0n) is 13.5. The fourth-order valence-corrected chi connectivity index (χ4v) is 3.32. The molecule has 0 radical (unpaired) electrons. The van der Waals surface area contributed by atoms with Gasteiger partial charge in [-0.3, -0.25) is 9.59 Å². The van der Waals surface area contributed by atoms with Crippen molar-refractivity contribution in [3.8, 4) is 0 Å². The average molecular weight is 305 g/mol. The summed E-state index contributed by atoms with van der Waals surface area (Å²) in [7, 11) is 0. The van der Waals surface area contributed by atoms with Gasteiger partial charge in [0.05, 0.1) is 18.2 Å².